The molecule has 0 nitrogen and oxygen atoms in total. The fourth-order valence-corrected chi connectivity index (χ4v) is 0. The molecule has 0 atom stereocenters. The molecule has 5 heavy (non-hydrogen) atoms. The molecule has 0 rings (SSSR count). The standard InChI is InChI=1S/Ca.ClH.K.Mg.Na.6H/h;1H;;;;;;;;;/q+2;;+1;+2;+1;6*-1. The van der Waals surface area contributed by atoms with E-state index in [1.54, 1.807) is 0 Å². The van der Waals surface area contributed by atoms with E-state index in [-0.39, 0.29) is 163 Å². The maximum absolute atomic E-state index is 0. The van der Waals surface area contributed by atoms with Crippen LogP contribution in [0.2, 0.25) is 0 Å². The van der Waals surface area contributed by atoms with E-state index < -0.39 is 0 Å². The molecule has 0 aromatic heterocycles. The Bertz CT molecular complexity index is 22.5. The topological polar surface area (TPSA) is 0 Å². The first kappa shape index (κ1) is 32.5. The van der Waals surface area contributed by atoms with E-state index >= 15 is 0 Å². The van der Waals surface area contributed by atoms with Crippen LogP contribution in [0.1, 0.15) is 8.56 Å². The van der Waals surface area contributed by atoms with Crippen LogP contribution in [-0.2, 0) is 0 Å². The second-order valence-electron chi connectivity index (χ2n) is 0. The van der Waals surface area contributed by atoms with Gasteiger partial charge < -0.3 is 8.56 Å². The van der Waals surface area contributed by atoms with Crippen molar-refractivity contribution in [2.75, 3.05) is 0 Å². The minimum atomic E-state index is 0. The van der Waals surface area contributed by atoms with E-state index in [1.807, 2.05) is 0 Å². The Balaban J connectivity index is 0. The summed E-state index contributed by atoms with van der Waals surface area (Å²) >= 11 is 0. The molecule has 0 N–H and O–H groups in total. The van der Waals surface area contributed by atoms with Gasteiger partial charge in [0.2, 0.25) is 0 Å². The molecule has 0 saturated heterocycles. The van der Waals surface area contributed by atoms with Crippen molar-refractivity contribution in [3.8, 4) is 0 Å². The van der Waals surface area contributed by atoms with Gasteiger partial charge in [-0.25, -0.2) is 0 Å². The largest absolute Gasteiger partial charge is 2.00 e. The second kappa shape index (κ2) is 23.1. The molecule has 0 radical (unpaired) electrons. The zero-order valence-electron chi connectivity index (χ0n) is 9.82. The molecule has 0 bridgehead atoms. The zero-order chi connectivity index (χ0) is 0. The van der Waals surface area contributed by atoms with Gasteiger partial charge in [-0.15, -0.1) is 12.4 Å². The molecular weight excluding hydrogens is 162 g/mol. The summed E-state index contributed by atoms with van der Waals surface area (Å²) in [7, 11) is 0. The first-order valence-electron chi connectivity index (χ1n) is 0. The van der Waals surface area contributed by atoms with E-state index in [2.05, 4.69) is 0 Å². The molecule has 0 spiro atoms. The van der Waals surface area contributed by atoms with Gasteiger partial charge in [0, 0.05) is 0 Å². The van der Waals surface area contributed by atoms with Gasteiger partial charge in [0.25, 0.3) is 0 Å². The summed E-state index contributed by atoms with van der Waals surface area (Å²) in [5.74, 6) is 0. The molecule has 0 heterocycles. The predicted octanol–water partition coefficient (Wildman–Crippen LogP) is -5.66. The average Bonchev–Trinajstić information content (AvgIpc) is 0. The Morgan fingerprint density at radius 2 is 1.20 bits per heavy atom. The van der Waals surface area contributed by atoms with Crippen molar-refractivity contribution in [1.82, 2.24) is 0 Å². The third kappa shape index (κ3) is 17.6. The smallest absolute Gasteiger partial charge is 1.00 e. The van der Waals surface area contributed by atoms with Crippen molar-refractivity contribution < 1.29 is 89.5 Å². The van der Waals surface area contributed by atoms with Gasteiger partial charge >= 0.3 is 142 Å². The molecule has 0 amide bonds. The average molecular weight is 169 g/mol. The predicted molar refractivity (Wildman–Crippen MR) is 25.4 cm³/mol. The normalized spacial score (nSPS) is 0. The molecule has 0 aliphatic carbocycles. The Labute approximate surface area is 158 Å². The quantitative estimate of drug-likeness (QED) is 0.317. The van der Waals surface area contributed by atoms with Gasteiger partial charge in [-0.05, 0) is 0 Å². The third-order valence-corrected chi connectivity index (χ3v) is 0. The summed E-state index contributed by atoms with van der Waals surface area (Å²) in [6, 6.07) is 0. The van der Waals surface area contributed by atoms with Crippen molar-refractivity contribution in [1.29, 1.82) is 0 Å². The minimum Gasteiger partial charge on any atom is -1.00 e. The van der Waals surface area contributed by atoms with Crippen molar-refractivity contribution >= 4 is 73.2 Å². The van der Waals surface area contributed by atoms with E-state index in [1.165, 1.54) is 0 Å². The van der Waals surface area contributed by atoms with Crippen molar-refractivity contribution in [3.05, 3.63) is 0 Å². The van der Waals surface area contributed by atoms with E-state index in [0.717, 1.165) is 0 Å². The third-order valence-electron chi connectivity index (χ3n) is 0. The van der Waals surface area contributed by atoms with Gasteiger partial charge in [0.1, 0.15) is 0 Å². The van der Waals surface area contributed by atoms with Crippen molar-refractivity contribution in [3.63, 3.8) is 0 Å². The van der Waals surface area contributed by atoms with Crippen LogP contribution in [0, 0.1) is 0 Å². The Morgan fingerprint density at radius 1 is 1.20 bits per heavy atom. The monoisotopic (exact) mass is 168 g/mol. The molecule has 5 heteroatoms. The van der Waals surface area contributed by atoms with E-state index in [4.69, 9.17) is 0 Å². The Morgan fingerprint density at radius 3 is 1.20 bits per heavy atom. The first-order valence-corrected chi connectivity index (χ1v) is 0. The molecule has 0 aromatic rings. The van der Waals surface area contributed by atoms with Gasteiger partial charge in [0.05, 0.1) is 0 Å². The summed E-state index contributed by atoms with van der Waals surface area (Å²) in [6.07, 6.45) is 0. The summed E-state index contributed by atoms with van der Waals surface area (Å²) in [4.78, 5) is 0. The summed E-state index contributed by atoms with van der Waals surface area (Å²) < 4.78 is 0. The van der Waals surface area contributed by atoms with Crippen LogP contribution in [0.4, 0.5) is 0 Å². The van der Waals surface area contributed by atoms with Crippen molar-refractivity contribution in [2.24, 2.45) is 0 Å². The van der Waals surface area contributed by atoms with Crippen LogP contribution < -0.4 is 80.9 Å². The van der Waals surface area contributed by atoms with Crippen LogP contribution >= 0.6 is 12.4 Å². The molecule has 20 valence electrons. The molecule has 0 aliphatic rings. The maximum Gasteiger partial charge on any atom is 2.00 e. The number of rotatable bonds is 0. The summed E-state index contributed by atoms with van der Waals surface area (Å²) in [5.41, 5.74) is 0. The molecule has 0 saturated carbocycles. The van der Waals surface area contributed by atoms with Crippen LogP contribution in [0.15, 0.2) is 0 Å². The van der Waals surface area contributed by atoms with Gasteiger partial charge in [0.15, 0.2) is 0 Å². The van der Waals surface area contributed by atoms with E-state index in [9.17, 15) is 0 Å². The number of halogens is 1. The van der Waals surface area contributed by atoms with Crippen LogP contribution in [-0.4, -0.2) is 60.8 Å². The van der Waals surface area contributed by atoms with Gasteiger partial charge in [-0.1, -0.05) is 0 Å². The summed E-state index contributed by atoms with van der Waals surface area (Å²) in [5, 5.41) is 0. The van der Waals surface area contributed by atoms with Gasteiger partial charge in [-0.3, -0.25) is 0 Å². The number of hydrogen-bond acceptors (Lipinski definition) is 0. The Kier molecular flexibility index (Phi) is 150. The number of hydrogen-bond donors (Lipinski definition) is 0. The second-order valence-corrected chi connectivity index (χ2v) is 0. The molecule has 0 unspecified atom stereocenters. The molecular formula is H7CaClKMgNa. The molecule has 0 aliphatic heterocycles. The maximum atomic E-state index is 0. The fourth-order valence-electron chi connectivity index (χ4n) is 0. The summed E-state index contributed by atoms with van der Waals surface area (Å²) in [6.45, 7) is 0. The van der Waals surface area contributed by atoms with Crippen molar-refractivity contribution in [2.45, 2.75) is 0 Å². The fraction of sp³-hybridized carbons (Fsp3) is 0. The van der Waals surface area contributed by atoms with Crippen LogP contribution in [0.5, 0.6) is 0 Å². The zero-order valence-corrected chi connectivity index (χ0v) is 13.4. The minimum absolute atomic E-state index is 0. The SMILES string of the molecule is Cl.[Ca+2].[H-].[H-].[H-].[H-].[H-].[H-].[K+].[Mg+2].[Na+]. The van der Waals surface area contributed by atoms with E-state index in [0.29, 0.717) is 0 Å². The van der Waals surface area contributed by atoms with Gasteiger partial charge in [-0.2, -0.15) is 0 Å². The molecule has 0 fully saturated rings. The Hall–Kier alpha value is 4.95. The van der Waals surface area contributed by atoms with Crippen LogP contribution in [0.3, 0.4) is 0 Å². The first-order chi connectivity index (χ1) is 0. The van der Waals surface area contributed by atoms with Crippen LogP contribution in [0.25, 0.3) is 0 Å². The molecule has 0 aromatic carbocycles.